The van der Waals surface area contributed by atoms with E-state index in [1.807, 2.05) is 66.7 Å². The molecule has 9 rings (SSSR count). The van der Waals surface area contributed by atoms with Gasteiger partial charge in [0, 0.05) is 35.1 Å². The van der Waals surface area contributed by atoms with Gasteiger partial charge in [-0.15, -0.1) is 0 Å². The minimum absolute atomic E-state index is 0.0117. The summed E-state index contributed by atoms with van der Waals surface area (Å²) >= 11 is 0. The van der Waals surface area contributed by atoms with E-state index in [1.165, 1.54) is 36.4 Å². The lowest BCUT2D eigenvalue weighted by atomic mass is 9.86. The lowest BCUT2D eigenvalue weighted by Crippen LogP contribution is -2.45. The number of halogens is 2. The van der Waals surface area contributed by atoms with Gasteiger partial charge in [0.05, 0.1) is 69.8 Å². The van der Waals surface area contributed by atoms with Crippen molar-refractivity contribution in [2.75, 3.05) is 0 Å². The SMILES string of the molecule is CC(C)c1nc2c(c(-c3ccc(F)cc3)c1/C=C/[C@@H](O)C[C@@H](O)CC(=O)O)CCCc1ccc(S(N)(=O)=O)cc1-2.CC(C)c1nc2c(c(-c3ccc(F)cc3)c1/C=C/[C@@H]1C[C@H](CC(=O)OC(C)(C)C)OC(C)(C)O1)CCCc1ccc(S(N)(=O)=O)cc1-2. The molecule has 6 aromatic rings. The zero-order chi connectivity index (χ0) is 63.5. The molecule has 4 atom stereocenters. The summed E-state index contributed by atoms with van der Waals surface area (Å²) in [5, 5.41) is 40.4. The van der Waals surface area contributed by atoms with Gasteiger partial charge in [-0.3, -0.25) is 19.6 Å². The number of aliphatic carboxylic acids is 1. The summed E-state index contributed by atoms with van der Waals surface area (Å²) < 4.78 is 95.2. The molecule has 7 N–H and O–H groups in total. The molecule has 464 valence electrons. The number of fused-ring (bicyclic) bond motifs is 6. The smallest absolute Gasteiger partial charge is 0.308 e. The van der Waals surface area contributed by atoms with E-state index in [9.17, 15) is 45.4 Å². The summed E-state index contributed by atoms with van der Waals surface area (Å²) in [6.45, 7) is 17.2. The van der Waals surface area contributed by atoms with Crippen molar-refractivity contribution in [3.63, 3.8) is 0 Å². The van der Waals surface area contributed by atoms with Gasteiger partial charge >= 0.3 is 11.9 Å². The van der Waals surface area contributed by atoms with Crippen molar-refractivity contribution < 1.29 is 64.7 Å². The second kappa shape index (κ2) is 26.8. The molecule has 20 heteroatoms. The first-order valence-corrected chi connectivity index (χ1v) is 32.3. The Balaban J connectivity index is 0.000000229. The minimum Gasteiger partial charge on any atom is -0.481 e. The average Bonchev–Trinajstić information content (AvgIpc) is 2.01. The van der Waals surface area contributed by atoms with Crippen LogP contribution < -0.4 is 10.3 Å². The number of rotatable bonds is 16. The number of aliphatic hydroxyl groups excluding tert-OH is 2. The number of aryl methyl sites for hydroxylation is 2. The van der Waals surface area contributed by atoms with Gasteiger partial charge in [-0.25, -0.2) is 35.9 Å². The summed E-state index contributed by atoms with van der Waals surface area (Å²) in [6, 6.07) is 22.3. The molecule has 3 heterocycles. The zero-order valence-electron chi connectivity index (χ0n) is 50.6. The number of sulfonamides is 2. The number of benzene rings is 4. The number of carboxylic acid groups (broad SMARTS) is 1. The standard InChI is InChI=1S/C37H45FN2O6S.C30H33FN2O6S/c1-22(2)34-30(18-16-26-19-27(45-37(6,7)44-26)20-32(41)46-36(3,4)5)33(24-11-14-25(38)15-12-24)29-10-8-9-23-13-17-28(47(39,42)43)21-31(23)35(29)40-34;1-17(2)29-25(13-11-21(34)14-22(35)15-27(36)37)28(19-6-9-20(31)10-7-19)24-5-3-4-18-8-12-23(40(32,38)39)16-26(18)30(24)33-29/h11-18,21-22,26-27H,8-10,19-20H2,1-7H3,(H2,39,42,43);6-13,16-17,21-22,34-35H,3-5,14-15H2,1-2H3,(H,36,37)(H2,32,38,39)/b18-16+;13-11+/t26-,27-;21-,22-/m11/s1. The fourth-order valence-electron chi connectivity index (χ4n) is 11.6. The molecule has 0 radical (unpaired) electrons. The molecule has 4 aromatic carbocycles. The summed E-state index contributed by atoms with van der Waals surface area (Å²) in [4.78, 5) is 33.9. The van der Waals surface area contributed by atoms with Crippen LogP contribution in [0.15, 0.2) is 107 Å². The molecular formula is C67H78F2N4O12S2. The van der Waals surface area contributed by atoms with Crippen LogP contribution >= 0.6 is 0 Å². The number of aliphatic hydroxyl groups is 2. The molecule has 16 nitrogen and oxygen atoms in total. The number of hydrogen-bond acceptors (Lipinski definition) is 13. The molecular weight excluding hydrogens is 1150 g/mol. The van der Waals surface area contributed by atoms with Crippen molar-refractivity contribution in [1.29, 1.82) is 0 Å². The first-order chi connectivity index (χ1) is 40.7. The highest BCUT2D eigenvalue weighted by molar-refractivity contribution is 7.89. The molecule has 0 spiro atoms. The van der Waals surface area contributed by atoms with Crippen LogP contribution in [0.1, 0.15) is 157 Å². The number of ether oxygens (including phenoxy) is 3. The highest BCUT2D eigenvalue weighted by Gasteiger charge is 2.37. The first kappa shape index (κ1) is 66.1. The number of aromatic nitrogens is 2. The van der Waals surface area contributed by atoms with E-state index in [-0.39, 0.29) is 52.4 Å². The fourth-order valence-corrected chi connectivity index (χ4v) is 12.7. The number of carboxylic acids is 1. The van der Waals surface area contributed by atoms with Gasteiger partial charge in [-0.2, -0.15) is 0 Å². The van der Waals surface area contributed by atoms with Crippen LogP contribution in [-0.4, -0.2) is 89.9 Å². The maximum absolute atomic E-state index is 14.2. The number of carbonyl (C=O) groups excluding carboxylic acids is 1. The van der Waals surface area contributed by atoms with Crippen LogP contribution in [0, 0.1) is 11.6 Å². The number of primary sulfonamides is 2. The number of nitrogens with two attached hydrogens (primary N) is 2. The van der Waals surface area contributed by atoms with Gasteiger partial charge in [-0.05, 0) is 178 Å². The van der Waals surface area contributed by atoms with E-state index in [2.05, 4.69) is 13.8 Å². The third kappa shape index (κ3) is 16.6. The largest absolute Gasteiger partial charge is 0.481 e. The second-order valence-electron chi connectivity index (χ2n) is 24.6. The summed E-state index contributed by atoms with van der Waals surface area (Å²) in [5.74, 6) is -3.26. The first-order valence-electron chi connectivity index (χ1n) is 29.2. The number of carbonyl (C=O) groups is 2. The Bertz CT molecular complexity index is 3840. The van der Waals surface area contributed by atoms with Gasteiger partial charge in [0.2, 0.25) is 20.0 Å². The zero-order valence-corrected chi connectivity index (χ0v) is 52.2. The van der Waals surface area contributed by atoms with E-state index < -0.39 is 68.0 Å². The molecule has 2 aromatic heterocycles. The Labute approximate surface area is 508 Å². The highest BCUT2D eigenvalue weighted by Crippen LogP contribution is 2.45. The Morgan fingerprint density at radius 1 is 0.713 bits per heavy atom. The lowest BCUT2D eigenvalue weighted by Gasteiger charge is -2.40. The molecule has 1 fully saturated rings. The van der Waals surface area contributed by atoms with Gasteiger partial charge in [0.25, 0.3) is 0 Å². The van der Waals surface area contributed by atoms with Crippen molar-refractivity contribution in [1.82, 2.24) is 9.97 Å². The van der Waals surface area contributed by atoms with E-state index in [1.54, 1.807) is 54.6 Å². The topological polar surface area (TPSA) is 269 Å². The highest BCUT2D eigenvalue weighted by atomic mass is 32.2. The molecule has 3 aliphatic rings. The van der Waals surface area contributed by atoms with Crippen molar-refractivity contribution in [2.45, 2.75) is 184 Å². The molecule has 2 aliphatic carbocycles. The molecule has 0 amide bonds. The van der Waals surface area contributed by atoms with E-state index in [0.29, 0.717) is 53.9 Å². The maximum atomic E-state index is 14.2. The molecule has 1 saturated heterocycles. The predicted octanol–water partition coefficient (Wildman–Crippen LogP) is 11.9. The van der Waals surface area contributed by atoms with Crippen LogP contribution in [0.4, 0.5) is 8.78 Å². The molecule has 87 heavy (non-hydrogen) atoms. The van der Waals surface area contributed by atoms with Gasteiger partial charge in [0.1, 0.15) is 17.2 Å². The summed E-state index contributed by atoms with van der Waals surface area (Å²) in [5.41, 5.74) is 12.3. The van der Waals surface area contributed by atoms with Crippen LogP contribution in [0.2, 0.25) is 0 Å². The van der Waals surface area contributed by atoms with Crippen molar-refractivity contribution in [2.24, 2.45) is 10.3 Å². The number of pyridine rings is 2. The number of esters is 1. The predicted molar refractivity (Wildman–Crippen MR) is 331 cm³/mol. The van der Waals surface area contributed by atoms with Crippen LogP contribution in [0.3, 0.4) is 0 Å². The van der Waals surface area contributed by atoms with Gasteiger partial charge < -0.3 is 29.5 Å². The third-order valence-corrected chi connectivity index (χ3v) is 17.1. The van der Waals surface area contributed by atoms with Gasteiger partial charge in [-0.1, -0.05) is 88.4 Å². The molecule has 0 bridgehead atoms. The molecule has 0 saturated carbocycles. The fraction of sp³-hybridized carbons (Fsp3) is 0.403. The average molecular weight is 1230 g/mol. The third-order valence-electron chi connectivity index (χ3n) is 15.2. The monoisotopic (exact) mass is 1230 g/mol. The molecule has 0 unspecified atom stereocenters. The maximum Gasteiger partial charge on any atom is 0.308 e. The summed E-state index contributed by atoms with van der Waals surface area (Å²) in [6.07, 6.45) is 8.34. The van der Waals surface area contributed by atoms with Crippen molar-refractivity contribution >= 4 is 44.1 Å². The number of hydrogen-bond donors (Lipinski definition) is 5. The van der Waals surface area contributed by atoms with Crippen LogP contribution in [-0.2, 0) is 69.5 Å². The Morgan fingerprint density at radius 2 is 1.17 bits per heavy atom. The van der Waals surface area contributed by atoms with Crippen LogP contribution in [0.5, 0.6) is 0 Å². The van der Waals surface area contributed by atoms with Gasteiger partial charge in [0.15, 0.2) is 5.79 Å². The Morgan fingerprint density at radius 3 is 1.60 bits per heavy atom. The van der Waals surface area contributed by atoms with E-state index >= 15 is 0 Å². The Hall–Kier alpha value is -6.88. The van der Waals surface area contributed by atoms with Crippen LogP contribution in [0.25, 0.3) is 56.9 Å². The van der Waals surface area contributed by atoms with E-state index in [0.717, 1.165) is 80.6 Å². The normalized spacial score (nSPS) is 17.5. The minimum atomic E-state index is -3.95. The molecule has 1 aliphatic heterocycles. The number of nitrogens with zero attached hydrogens (tertiary/aromatic N) is 2. The van der Waals surface area contributed by atoms with Crippen molar-refractivity contribution in [3.8, 4) is 44.8 Å². The Kier molecular flexibility index (Phi) is 20.4. The summed E-state index contributed by atoms with van der Waals surface area (Å²) in [7, 11) is -7.89. The second-order valence-corrected chi connectivity index (χ2v) is 27.7. The lowest BCUT2D eigenvalue weighted by molar-refractivity contribution is -0.290. The quantitative estimate of drug-likeness (QED) is 0.0564. The van der Waals surface area contributed by atoms with E-state index in [4.69, 9.17) is 39.6 Å². The van der Waals surface area contributed by atoms with Crippen molar-refractivity contribution in [3.05, 3.63) is 153 Å².